The van der Waals surface area contributed by atoms with Crippen molar-refractivity contribution in [1.82, 2.24) is 0 Å². The first-order valence-corrected chi connectivity index (χ1v) is 7.37. The molecule has 0 radical (unpaired) electrons. The molecule has 5 unspecified atom stereocenters. The molecule has 3 aliphatic rings. The molecule has 2 fully saturated rings. The topological polar surface area (TPSA) is 52.6 Å². The number of halogens is 3. The predicted octanol–water partition coefficient (Wildman–Crippen LogP) is 2.63. The van der Waals surface area contributed by atoms with Gasteiger partial charge in [0.05, 0.1) is 12.5 Å². The average molecular weight is 318 g/mol. The standard InChI is InChI=1S/C15H17F3O4/c1-14(10-4-5-21-12(10)19,22-13(20)15(16,17)18)11-7-8-2-3-9(11)6-8/h2-3,8-11H,4-7H2,1H3. The van der Waals surface area contributed by atoms with E-state index in [-0.39, 0.29) is 30.8 Å². The zero-order valence-electron chi connectivity index (χ0n) is 12.1. The number of hydrogen-bond acceptors (Lipinski definition) is 4. The molecule has 2 aliphatic carbocycles. The molecule has 5 atom stereocenters. The summed E-state index contributed by atoms with van der Waals surface area (Å²) in [6.07, 6.45) is 0.673. The molecule has 0 aromatic heterocycles. The SMILES string of the molecule is CC(OC(=O)C(F)(F)F)(C1CCOC1=O)C1CC2C=CC1C2. The average Bonchev–Trinajstić information content (AvgIpc) is 3.12. The Morgan fingerprint density at radius 2 is 2.05 bits per heavy atom. The highest BCUT2D eigenvalue weighted by molar-refractivity contribution is 5.79. The third-order valence-electron chi connectivity index (χ3n) is 5.19. The van der Waals surface area contributed by atoms with Crippen molar-refractivity contribution in [2.45, 2.75) is 38.0 Å². The molecule has 1 saturated carbocycles. The summed E-state index contributed by atoms with van der Waals surface area (Å²) < 4.78 is 47.7. The minimum Gasteiger partial charge on any atom is -0.465 e. The second-order valence-electron chi connectivity index (χ2n) is 6.47. The van der Waals surface area contributed by atoms with Gasteiger partial charge in [-0.05, 0) is 38.0 Å². The van der Waals surface area contributed by atoms with Gasteiger partial charge in [0.15, 0.2) is 0 Å². The molecule has 122 valence electrons. The summed E-state index contributed by atoms with van der Waals surface area (Å²) in [6.45, 7) is 1.60. The van der Waals surface area contributed by atoms with Crippen LogP contribution in [0.3, 0.4) is 0 Å². The fourth-order valence-electron chi connectivity index (χ4n) is 4.12. The molecule has 2 bridgehead atoms. The zero-order valence-corrected chi connectivity index (χ0v) is 12.1. The molecular formula is C15H17F3O4. The maximum absolute atomic E-state index is 12.6. The van der Waals surface area contributed by atoms with E-state index < -0.39 is 29.6 Å². The first-order chi connectivity index (χ1) is 10.2. The van der Waals surface area contributed by atoms with Crippen LogP contribution in [0, 0.1) is 23.7 Å². The van der Waals surface area contributed by atoms with E-state index >= 15 is 0 Å². The van der Waals surface area contributed by atoms with Gasteiger partial charge in [-0.1, -0.05) is 12.2 Å². The van der Waals surface area contributed by atoms with Crippen molar-refractivity contribution in [3.8, 4) is 0 Å². The van der Waals surface area contributed by atoms with Crippen molar-refractivity contribution in [3.63, 3.8) is 0 Å². The summed E-state index contributed by atoms with van der Waals surface area (Å²) in [4.78, 5) is 23.3. The highest BCUT2D eigenvalue weighted by atomic mass is 19.4. The minimum absolute atomic E-state index is 0.0458. The number of hydrogen-bond donors (Lipinski definition) is 0. The van der Waals surface area contributed by atoms with Crippen LogP contribution in [0.5, 0.6) is 0 Å². The second-order valence-corrected chi connectivity index (χ2v) is 6.47. The number of fused-ring (bicyclic) bond motifs is 2. The zero-order chi connectivity index (χ0) is 16.1. The Labute approximate surface area is 125 Å². The maximum atomic E-state index is 12.6. The minimum atomic E-state index is -5.07. The first-order valence-electron chi connectivity index (χ1n) is 7.37. The van der Waals surface area contributed by atoms with Crippen LogP contribution in [-0.2, 0) is 19.1 Å². The lowest BCUT2D eigenvalue weighted by Crippen LogP contribution is -2.51. The van der Waals surface area contributed by atoms with E-state index in [4.69, 9.17) is 9.47 Å². The molecule has 22 heavy (non-hydrogen) atoms. The largest absolute Gasteiger partial charge is 0.490 e. The van der Waals surface area contributed by atoms with Crippen LogP contribution < -0.4 is 0 Å². The third kappa shape index (κ3) is 2.40. The van der Waals surface area contributed by atoms with Crippen LogP contribution >= 0.6 is 0 Å². The summed E-state index contributed by atoms with van der Waals surface area (Å²) in [7, 11) is 0. The first kappa shape index (κ1) is 15.4. The van der Waals surface area contributed by atoms with Gasteiger partial charge >= 0.3 is 18.1 Å². The van der Waals surface area contributed by atoms with Crippen LogP contribution in [0.4, 0.5) is 13.2 Å². The molecule has 0 aromatic rings. The van der Waals surface area contributed by atoms with Crippen LogP contribution in [0.25, 0.3) is 0 Å². The van der Waals surface area contributed by atoms with Crippen LogP contribution in [0.15, 0.2) is 12.2 Å². The number of carbonyl (C=O) groups is 2. The van der Waals surface area contributed by atoms with Crippen LogP contribution in [0.2, 0.25) is 0 Å². The molecule has 1 saturated heterocycles. The van der Waals surface area contributed by atoms with Gasteiger partial charge < -0.3 is 9.47 Å². The summed E-state index contributed by atoms with van der Waals surface area (Å²) >= 11 is 0. The molecule has 3 rings (SSSR count). The van der Waals surface area contributed by atoms with E-state index in [2.05, 4.69) is 0 Å². The Kier molecular flexibility index (Phi) is 3.49. The second kappa shape index (κ2) is 4.99. The van der Waals surface area contributed by atoms with E-state index in [0.717, 1.165) is 6.42 Å². The smallest absolute Gasteiger partial charge is 0.465 e. The van der Waals surface area contributed by atoms with Crippen molar-refractivity contribution >= 4 is 11.9 Å². The van der Waals surface area contributed by atoms with Crippen molar-refractivity contribution in [2.24, 2.45) is 23.7 Å². The Morgan fingerprint density at radius 3 is 2.50 bits per heavy atom. The lowest BCUT2D eigenvalue weighted by atomic mass is 9.71. The summed E-state index contributed by atoms with van der Waals surface area (Å²) in [6, 6.07) is 0. The molecule has 0 amide bonds. The van der Waals surface area contributed by atoms with E-state index in [1.807, 2.05) is 12.2 Å². The number of rotatable bonds is 3. The Morgan fingerprint density at radius 1 is 1.32 bits per heavy atom. The van der Waals surface area contributed by atoms with Gasteiger partial charge in [0.2, 0.25) is 0 Å². The lowest BCUT2D eigenvalue weighted by Gasteiger charge is -2.41. The Balaban J connectivity index is 1.90. The summed E-state index contributed by atoms with van der Waals surface area (Å²) in [5.74, 6) is -3.60. The summed E-state index contributed by atoms with van der Waals surface area (Å²) in [5.41, 5.74) is -1.48. The van der Waals surface area contributed by atoms with Crippen LogP contribution in [-0.4, -0.2) is 30.3 Å². The van der Waals surface area contributed by atoms with Crippen molar-refractivity contribution in [2.75, 3.05) is 6.61 Å². The molecule has 1 heterocycles. The molecule has 0 spiro atoms. The third-order valence-corrected chi connectivity index (χ3v) is 5.19. The normalized spacial score (nSPS) is 36.3. The molecule has 0 aromatic carbocycles. The van der Waals surface area contributed by atoms with Gasteiger partial charge in [-0.25, -0.2) is 4.79 Å². The van der Waals surface area contributed by atoms with Gasteiger partial charge in [0.25, 0.3) is 0 Å². The molecular weight excluding hydrogens is 301 g/mol. The maximum Gasteiger partial charge on any atom is 0.490 e. The molecule has 1 aliphatic heterocycles. The van der Waals surface area contributed by atoms with Gasteiger partial charge in [-0.15, -0.1) is 0 Å². The van der Waals surface area contributed by atoms with E-state index in [0.29, 0.717) is 6.42 Å². The van der Waals surface area contributed by atoms with Gasteiger partial charge in [0, 0.05) is 5.92 Å². The number of cyclic esters (lactones) is 1. The van der Waals surface area contributed by atoms with Crippen LogP contribution in [0.1, 0.15) is 26.2 Å². The Hall–Kier alpha value is -1.53. The number of ether oxygens (including phenoxy) is 2. The number of carbonyl (C=O) groups excluding carboxylic acids is 2. The van der Waals surface area contributed by atoms with Crippen molar-refractivity contribution in [3.05, 3.63) is 12.2 Å². The molecule has 4 nitrogen and oxygen atoms in total. The van der Waals surface area contributed by atoms with Gasteiger partial charge in [0.1, 0.15) is 5.60 Å². The van der Waals surface area contributed by atoms with E-state index in [1.165, 1.54) is 6.92 Å². The fourth-order valence-corrected chi connectivity index (χ4v) is 4.12. The number of allylic oxidation sites excluding steroid dienone is 2. The lowest BCUT2D eigenvalue weighted by molar-refractivity contribution is -0.223. The quantitative estimate of drug-likeness (QED) is 0.593. The fraction of sp³-hybridized carbons (Fsp3) is 0.733. The number of esters is 2. The highest BCUT2D eigenvalue weighted by Gasteiger charge is 2.58. The molecule has 7 heteroatoms. The van der Waals surface area contributed by atoms with E-state index in [9.17, 15) is 22.8 Å². The molecule has 0 N–H and O–H groups in total. The van der Waals surface area contributed by atoms with Gasteiger partial charge in [-0.2, -0.15) is 13.2 Å². The Bertz CT molecular complexity index is 527. The van der Waals surface area contributed by atoms with E-state index in [1.54, 1.807) is 0 Å². The number of alkyl halides is 3. The van der Waals surface area contributed by atoms with Crippen molar-refractivity contribution < 1.29 is 32.2 Å². The summed E-state index contributed by atoms with van der Waals surface area (Å²) in [5, 5.41) is 0. The monoisotopic (exact) mass is 318 g/mol. The predicted molar refractivity (Wildman–Crippen MR) is 68.5 cm³/mol. The van der Waals surface area contributed by atoms with Gasteiger partial charge in [-0.3, -0.25) is 4.79 Å². The van der Waals surface area contributed by atoms with Crippen molar-refractivity contribution in [1.29, 1.82) is 0 Å². The highest BCUT2D eigenvalue weighted by Crippen LogP contribution is 2.53.